The molecule has 0 saturated heterocycles. The molecule has 6 nitrogen and oxygen atoms in total. The highest BCUT2D eigenvalue weighted by Crippen LogP contribution is 2.25. The number of rotatable bonds is 14. The highest BCUT2D eigenvalue weighted by Gasteiger charge is 2.52. The van der Waals surface area contributed by atoms with Crippen LogP contribution in [0.1, 0.15) is 22.3 Å². The summed E-state index contributed by atoms with van der Waals surface area (Å²) in [7, 11) is 0. The number of hydrogen-bond donors (Lipinski definition) is 1. The van der Waals surface area contributed by atoms with Gasteiger partial charge in [-0.25, -0.2) is 0 Å². The molecule has 0 radical (unpaired) electrons. The van der Waals surface area contributed by atoms with E-state index in [1.54, 1.807) is 6.21 Å². The zero-order valence-corrected chi connectivity index (χ0v) is 22.5. The standard InChI is InChI=1S/C34H36NO5/c36-35-21-31(38-23-28-15-7-2-8-16-28)34(40-25-30-19-11-4-12-20-30)33(35)32(39-24-29-17-9-3-10-18-29)26-37-22-27-13-5-1-6-14-27/h1-21,31-34,36H,22-26H2/q+1/t31?,32?,33-,34?/m0/s1. The van der Waals surface area contributed by atoms with Crippen LogP contribution in [-0.4, -0.2) is 47.1 Å². The minimum atomic E-state index is -0.538. The minimum Gasteiger partial charge on any atom is -0.374 e. The lowest BCUT2D eigenvalue weighted by atomic mass is 10.0. The summed E-state index contributed by atoms with van der Waals surface area (Å²) in [4.78, 5) is 0. The maximum atomic E-state index is 11.2. The molecule has 0 aliphatic carbocycles. The molecule has 4 aromatic rings. The van der Waals surface area contributed by atoms with Crippen molar-refractivity contribution in [2.75, 3.05) is 6.61 Å². The highest BCUT2D eigenvalue weighted by atomic mass is 16.6. The van der Waals surface area contributed by atoms with Crippen LogP contribution in [0.4, 0.5) is 0 Å². The smallest absolute Gasteiger partial charge is 0.258 e. The Morgan fingerprint density at radius 2 is 1.02 bits per heavy atom. The van der Waals surface area contributed by atoms with Crippen molar-refractivity contribution in [1.82, 2.24) is 0 Å². The van der Waals surface area contributed by atoms with Gasteiger partial charge in [0, 0.05) is 0 Å². The highest BCUT2D eigenvalue weighted by molar-refractivity contribution is 5.61. The van der Waals surface area contributed by atoms with Crippen molar-refractivity contribution < 1.29 is 28.9 Å². The summed E-state index contributed by atoms with van der Waals surface area (Å²) in [5.74, 6) is 0. The van der Waals surface area contributed by atoms with Gasteiger partial charge >= 0.3 is 0 Å². The molecule has 6 heteroatoms. The second-order valence-electron chi connectivity index (χ2n) is 9.88. The van der Waals surface area contributed by atoms with Crippen LogP contribution in [0.2, 0.25) is 0 Å². The largest absolute Gasteiger partial charge is 0.374 e. The zero-order valence-electron chi connectivity index (χ0n) is 22.5. The number of hydrogen-bond acceptors (Lipinski definition) is 5. The van der Waals surface area contributed by atoms with Crippen LogP contribution in [-0.2, 0) is 45.4 Å². The summed E-state index contributed by atoms with van der Waals surface area (Å²) < 4.78 is 26.5. The van der Waals surface area contributed by atoms with E-state index in [4.69, 9.17) is 18.9 Å². The molecular formula is C34H36NO5+. The molecule has 1 aliphatic rings. The van der Waals surface area contributed by atoms with Gasteiger partial charge in [-0.2, -0.15) is 0 Å². The Morgan fingerprint density at radius 1 is 0.575 bits per heavy atom. The summed E-state index contributed by atoms with van der Waals surface area (Å²) >= 11 is 0. The fourth-order valence-corrected chi connectivity index (χ4v) is 4.82. The first-order valence-electron chi connectivity index (χ1n) is 13.7. The average molecular weight is 539 g/mol. The van der Waals surface area contributed by atoms with E-state index in [9.17, 15) is 5.21 Å². The first kappa shape index (κ1) is 27.7. The van der Waals surface area contributed by atoms with E-state index >= 15 is 0 Å². The van der Waals surface area contributed by atoms with Crippen molar-refractivity contribution in [2.24, 2.45) is 0 Å². The average Bonchev–Trinajstić information content (AvgIpc) is 3.33. The lowest BCUT2D eigenvalue weighted by molar-refractivity contribution is -0.799. The molecule has 1 N–H and O–H groups in total. The third-order valence-corrected chi connectivity index (χ3v) is 6.92. The molecule has 40 heavy (non-hydrogen) atoms. The lowest BCUT2D eigenvalue weighted by Gasteiger charge is -2.26. The molecule has 0 aromatic heterocycles. The van der Waals surface area contributed by atoms with Crippen molar-refractivity contribution in [2.45, 2.75) is 50.8 Å². The van der Waals surface area contributed by atoms with Crippen molar-refractivity contribution in [1.29, 1.82) is 0 Å². The molecule has 0 spiro atoms. The summed E-state index contributed by atoms with van der Waals surface area (Å²) in [5, 5.41) is 11.2. The zero-order chi connectivity index (χ0) is 27.4. The molecular weight excluding hydrogens is 502 g/mol. The molecule has 0 amide bonds. The van der Waals surface area contributed by atoms with E-state index in [-0.39, 0.29) is 6.61 Å². The number of nitrogens with zero attached hydrogens (tertiary/aromatic N) is 1. The maximum Gasteiger partial charge on any atom is 0.258 e. The summed E-state index contributed by atoms with van der Waals surface area (Å²) in [6.45, 7) is 1.87. The van der Waals surface area contributed by atoms with Gasteiger partial charge in [-0.3, -0.25) is 5.21 Å². The van der Waals surface area contributed by atoms with Crippen LogP contribution in [0.3, 0.4) is 0 Å². The third kappa shape index (κ3) is 7.87. The summed E-state index contributed by atoms with van der Waals surface area (Å²) in [6, 6.07) is 39.5. The fraction of sp³-hybridized carbons (Fsp3) is 0.265. The molecule has 5 rings (SSSR count). The van der Waals surface area contributed by atoms with Gasteiger partial charge in [0.2, 0.25) is 6.21 Å². The van der Waals surface area contributed by atoms with E-state index in [0.717, 1.165) is 22.3 Å². The predicted molar refractivity (Wildman–Crippen MR) is 153 cm³/mol. The van der Waals surface area contributed by atoms with E-state index in [0.29, 0.717) is 26.4 Å². The maximum absolute atomic E-state index is 11.2. The van der Waals surface area contributed by atoms with Crippen molar-refractivity contribution >= 4 is 6.21 Å². The van der Waals surface area contributed by atoms with E-state index in [2.05, 4.69) is 0 Å². The Morgan fingerprint density at radius 3 is 1.55 bits per heavy atom. The van der Waals surface area contributed by atoms with Crippen LogP contribution in [0.5, 0.6) is 0 Å². The number of ether oxygens (including phenoxy) is 4. The second kappa shape index (κ2) is 14.5. The molecule has 0 saturated carbocycles. The fourth-order valence-electron chi connectivity index (χ4n) is 4.82. The molecule has 1 aliphatic heterocycles. The van der Waals surface area contributed by atoms with Gasteiger partial charge in [-0.15, -0.1) is 0 Å². The molecule has 0 bridgehead atoms. The van der Waals surface area contributed by atoms with Gasteiger partial charge in [0.15, 0.2) is 12.2 Å². The quantitative estimate of drug-likeness (QED) is 0.162. The Balaban J connectivity index is 1.34. The van der Waals surface area contributed by atoms with Crippen LogP contribution < -0.4 is 0 Å². The number of benzene rings is 4. The van der Waals surface area contributed by atoms with E-state index in [1.807, 2.05) is 121 Å². The van der Waals surface area contributed by atoms with Gasteiger partial charge in [-0.05, 0) is 27.0 Å². The first-order chi connectivity index (χ1) is 19.8. The van der Waals surface area contributed by atoms with Gasteiger partial charge in [0.25, 0.3) is 6.04 Å². The summed E-state index contributed by atoms with van der Waals surface area (Å²) in [6.07, 6.45) is 0.224. The Labute approximate surface area is 236 Å². The molecule has 1 heterocycles. The first-order valence-corrected chi connectivity index (χ1v) is 13.7. The second-order valence-corrected chi connectivity index (χ2v) is 9.88. The van der Waals surface area contributed by atoms with Crippen LogP contribution in [0.25, 0.3) is 0 Å². The molecule has 206 valence electrons. The molecule has 4 aromatic carbocycles. The minimum absolute atomic E-state index is 0.272. The predicted octanol–water partition coefficient (Wildman–Crippen LogP) is 5.81. The van der Waals surface area contributed by atoms with Gasteiger partial charge < -0.3 is 18.9 Å². The normalized spacial score (nSPS) is 19.3. The van der Waals surface area contributed by atoms with Gasteiger partial charge in [-0.1, -0.05) is 121 Å². The molecule has 0 fully saturated rings. The Bertz CT molecular complexity index is 1300. The van der Waals surface area contributed by atoms with Crippen molar-refractivity contribution in [3.05, 3.63) is 144 Å². The topological polar surface area (TPSA) is 60.2 Å². The number of hydroxylamine groups is 1. The van der Waals surface area contributed by atoms with Crippen molar-refractivity contribution in [3.63, 3.8) is 0 Å². The van der Waals surface area contributed by atoms with Gasteiger partial charge in [0.05, 0.1) is 33.0 Å². The third-order valence-electron chi connectivity index (χ3n) is 6.92. The summed E-state index contributed by atoms with van der Waals surface area (Å²) in [5.41, 5.74) is 4.21. The van der Waals surface area contributed by atoms with Crippen molar-refractivity contribution in [3.8, 4) is 0 Å². The Kier molecular flexibility index (Phi) is 10.1. The SMILES string of the molecule is O[N+]1=CC(OCc2ccccc2)C(OCc2ccccc2)[C@@H]1C(COCc1ccccc1)OCc1ccccc1. The molecule has 4 atom stereocenters. The monoisotopic (exact) mass is 538 g/mol. The van der Waals surface area contributed by atoms with Crippen LogP contribution in [0, 0.1) is 0 Å². The van der Waals surface area contributed by atoms with E-state index in [1.165, 1.54) is 4.74 Å². The van der Waals surface area contributed by atoms with Crippen LogP contribution in [0.15, 0.2) is 121 Å². The van der Waals surface area contributed by atoms with Gasteiger partial charge in [0.1, 0.15) is 6.10 Å². The van der Waals surface area contributed by atoms with E-state index < -0.39 is 24.4 Å². The molecule has 3 unspecified atom stereocenters. The van der Waals surface area contributed by atoms with Crippen LogP contribution >= 0.6 is 0 Å². The Hall–Kier alpha value is -3.81. The lowest BCUT2D eigenvalue weighted by Crippen LogP contribution is -2.48.